The summed E-state index contributed by atoms with van der Waals surface area (Å²) in [7, 11) is 0. The maximum absolute atomic E-state index is 11.7. The molecule has 1 saturated heterocycles. The van der Waals surface area contributed by atoms with E-state index in [1.165, 1.54) is 0 Å². The number of hydrogen-bond acceptors (Lipinski definition) is 2. The lowest BCUT2D eigenvalue weighted by Gasteiger charge is -2.20. The van der Waals surface area contributed by atoms with E-state index in [4.69, 9.17) is 0 Å². The first-order valence-electron chi connectivity index (χ1n) is 5.40. The molecule has 1 aliphatic rings. The third-order valence-electron chi connectivity index (χ3n) is 2.71. The molecule has 1 heterocycles. The van der Waals surface area contributed by atoms with E-state index in [1.807, 2.05) is 0 Å². The molecule has 1 atom stereocenters. The van der Waals surface area contributed by atoms with Gasteiger partial charge >= 0.3 is 0 Å². The van der Waals surface area contributed by atoms with E-state index < -0.39 is 0 Å². The lowest BCUT2D eigenvalue weighted by molar-refractivity contribution is -0.134. The zero-order chi connectivity index (χ0) is 10.6. The molecule has 0 spiro atoms. The van der Waals surface area contributed by atoms with E-state index in [-0.39, 0.29) is 11.9 Å². The lowest BCUT2D eigenvalue weighted by atomic mass is 10.1. The van der Waals surface area contributed by atoms with Crippen molar-refractivity contribution >= 4 is 12.2 Å². The largest absolute Gasteiger partial charge is 0.333 e. The number of carbonyl (C=O) groups excluding carboxylic acids is 2. The van der Waals surface area contributed by atoms with E-state index in [0.29, 0.717) is 12.3 Å². The van der Waals surface area contributed by atoms with Crippen LogP contribution in [0.4, 0.5) is 0 Å². The Bertz CT molecular complexity index is 213. The van der Waals surface area contributed by atoms with Crippen LogP contribution >= 0.6 is 0 Å². The SMILES string of the molecule is CC(C)CCC(=O)N1CCCC1C=O. The zero-order valence-electron chi connectivity index (χ0n) is 9.03. The van der Waals surface area contributed by atoms with Crippen LogP contribution < -0.4 is 0 Å². The Labute approximate surface area is 85.5 Å². The van der Waals surface area contributed by atoms with Crippen LogP contribution in [0, 0.1) is 5.92 Å². The minimum atomic E-state index is -0.144. The number of amides is 1. The first-order valence-corrected chi connectivity index (χ1v) is 5.40. The van der Waals surface area contributed by atoms with Gasteiger partial charge in [0.1, 0.15) is 6.29 Å². The average molecular weight is 197 g/mol. The molecule has 1 aliphatic heterocycles. The molecule has 0 aromatic carbocycles. The van der Waals surface area contributed by atoms with Gasteiger partial charge in [-0.1, -0.05) is 13.8 Å². The Morgan fingerprint density at radius 3 is 2.86 bits per heavy atom. The highest BCUT2D eigenvalue weighted by Gasteiger charge is 2.27. The van der Waals surface area contributed by atoms with Gasteiger partial charge in [0.15, 0.2) is 0 Å². The molecule has 3 nitrogen and oxygen atoms in total. The highest BCUT2D eigenvalue weighted by Crippen LogP contribution is 2.17. The van der Waals surface area contributed by atoms with Crippen LogP contribution in [0.1, 0.15) is 39.5 Å². The number of likely N-dealkylation sites (tertiary alicyclic amines) is 1. The zero-order valence-corrected chi connectivity index (χ0v) is 9.03. The summed E-state index contributed by atoms with van der Waals surface area (Å²) in [5.74, 6) is 0.699. The summed E-state index contributed by atoms with van der Waals surface area (Å²) in [6, 6.07) is -0.144. The van der Waals surface area contributed by atoms with Crippen molar-refractivity contribution < 1.29 is 9.59 Å². The third-order valence-corrected chi connectivity index (χ3v) is 2.71. The fraction of sp³-hybridized carbons (Fsp3) is 0.818. The number of aldehydes is 1. The van der Waals surface area contributed by atoms with Gasteiger partial charge in [-0.25, -0.2) is 0 Å². The highest BCUT2D eigenvalue weighted by atomic mass is 16.2. The summed E-state index contributed by atoms with van der Waals surface area (Å²) in [5, 5.41) is 0. The van der Waals surface area contributed by atoms with Gasteiger partial charge in [0.05, 0.1) is 6.04 Å². The van der Waals surface area contributed by atoms with Gasteiger partial charge in [-0.3, -0.25) is 4.79 Å². The first kappa shape index (κ1) is 11.2. The molecule has 0 aliphatic carbocycles. The fourth-order valence-corrected chi connectivity index (χ4v) is 1.80. The first-order chi connectivity index (χ1) is 6.65. The molecule has 14 heavy (non-hydrogen) atoms. The van der Waals surface area contributed by atoms with Gasteiger partial charge in [-0.05, 0) is 25.2 Å². The monoisotopic (exact) mass is 197 g/mol. The molecular weight excluding hydrogens is 178 g/mol. The van der Waals surface area contributed by atoms with Crippen molar-refractivity contribution in [1.29, 1.82) is 0 Å². The van der Waals surface area contributed by atoms with E-state index in [1.54, 1.807) is 4.90 Å². The van der Waals surface area contributed by atoms with Crippen LogP contribution in [0.2, 0.25) is 0 Å². The van der Waals surface area contributed by atoms with Crippen molar-refractivity contribution in [2.75, 3.05) is 6.54 Å². The second-order valence-electron chi connectivity index (χ2n) is 4.37. The van der Waals surface area contributed by atoms with Gasteiger partial charge in [-0.15, -0.1) is 0 Å². The molecule has 0 aromatic heterocycles. The molecule has 0 saturated carbocycles. The van der Waals surface area contributed by atoms with Crippen molar-refractivity contribution in [3.05, 3.63) is 0 Å². The van der Waals surface area contributed by atoms with Gasteiger partial charge in [0.25, 0.3) is 0 Å². The molecule has 0 radical (unpaired) electrons. The topological polar surface area (TPSA) is 37.4 Å². The van der Waals surface area contributed by atoms with Crippen LogP contribution in [-0.4, -0.2) is 29.7 Å². The summed E-state index contributed by atoms with van der Waals surface area (Å²) in [4.78, 5) is 24.1. The van der Waals surface area contributed by atoms with Crippen LogP contribution in [0.25, 0.3) is 0 Å². The molecule has 0 N–H and O–H groups in total. The van der Waals surface area contributed by atoms with Crippen molar-refractivity contribution in [3.63, 3.8) is 0 Å². The van der Waals surface area contributed by atoms with Gasteiger partial charge < -0.3 is 9.69 Å². The Morgan fingerprint density at radius 2 is 2.29 bits per heavy atom. The minimum Gasteiger partial charge on any atom is -0.333 e. The summed E-state index contributed by atoms with van der Waals surface area (Å²) in [6.07, 6.45) is 4.22. The maximum atomic E-state index is 11.7. The summed E-state index contributed by atoms with van der Waals surface area (Å²) >= 11 is 0. The smallest absolute Gasteiger partial charge is 0.223 e. The van der Waals surface area contributed by atoms with E-state index >= 15 is 0 Å². The Hall–Kier alpha value is -0.860. The quantitative estimate of drug-likeness (QED) is 0.642. The predicted molar refractivity (Wildman–Crippen MR) is 54.9 cm³/mol. The van der Waals surface area contributed by atoms with Crippen molar-refractivity contribution in [2.24, 2.45) is 5.92 Å². The maximum Gasteiger partial charge on any atom is 0.223 e. The van der Waals surface area contributed by atoms with E-state index in [0.717, 1.165) is 32.1 Å². The molecule has 1 rings (SSSR count). The van der Waals surface area contributed by atoms with Crippen LogP contribution in [0.5, 0.6) is 0 Å². The molecule has 1 fully saturated rings. The van der Waals surface area contributed by atoms with Crippen molar-refractivity contribution in [2.45, 2.75) is 45.6 Å². The highest BCUT2D eigenvalue weighted by molar-refractivity contribution is 5.80. The molecule has 1 amide bonds. The number of carbonyl (C=O) groups is 2. The molecule has 3 heteroatoms. The van der Waals surface area contributed by atoms with Gasteiger partial charge in [-0.2, -0.15) is 0 Å². The number of nitrogens with zero attached hydrogens (tertiary/aromatic N) is 1. The Balaban J connectivity index is 2.39. The fourth-order valence-electron chi connectivity index (χ4n) is 1.80. The molecule has 0 aromatic rings. The van der Waals surface area contributed by atoms with Crippen molar-refractivity contribution in [1.82, 2.24) is 4.90 Å². The lowest BCUT2D eigenvalue weighted by Crippen LogP contribution is -2.36. The van der Waals surface area contributed by atoms with Gasteiger partial charge in [0.2, 0.25) is 5.91 Å². The molecule has 1 unspecified atom stereocenters. The average Bonchev–Trinajstić information content (AvgIpc) is 2.61. The molecule has 0 bridgehead atoms. The summed E-state index contributed by atoms with van der Waals surface area (Å²) in [5.41, 5.74) is 0. The molecular formula is C11H19NO2. The Kier molecular flexibility index (Phi) is 4.11. The van der Waals surface area contributed by atoms with Crippen LogP contribution in [-0.2, 0) is 9.59 Å². The van der Waals surface area contributed by atoms with E-state index in [2.05, 4.69) is 13.8 Å². The van der Waals surface area contributed by atoms with Crippen LogP contribution in [0.15, 0.2) is 0 Å². The summed E-state index contributed by atoms with van der Waals surface area (Å²) in [6.45, 7) is 4.98. The molecule has 80 valence electrons. The third kappa shape index (κ3) is 2.82. The number of rotatable bonds is 4. The van der Waals surface area contributed by atoms with Crippen LogP contribution in [0.3, 0.4) is 0 Å². The second-order valence-corrected chi connectivity index (χ2v) is 4.37. The number of hydrogen-bond donors (Lipinski definition) is 0. The summed E-state index contributed by atoms with van der Waals surface area (Å²) < 4.78 is 0. The normalized spacial score (nSPS) is 21.6. The minimum absolute atomic E-state index is 0.144. The second kappa shape index (κ2) is 5.13. The standard InChI is InChI=1S/C11H19NO2/c1-9(2)5-6-11(14)12-7-3-4-10(12)8-13/h8-10H,3-7H2,1-2H3. The Morgan fingerprint density at radius 1 is 1.57 bits per heavy atom. The van der Waals surface area contributed by atoms with E-state index in [9.17, 15) is 9.59 Å². The van der Waals surface area contributed by atoms with Gasteiger partial charge in [0, 0.05) is 13.0 Å². The van der Waals surface area contributed by atoms with Crippen molar-refractivity contribution in [3.8, 4) is 0 Å². The predicted octanol–water partition coefficient (Wildman–Crippen LogP) is 1.61.